The number of thiazole rings is 1. The van der Waals surface area contributed by atoms with E-state index < -0.39 is 11.6 Å². The molecule has 0 unspecified atom stereocenters. The van der Waals surface area contributed by atoms with Crippen LogP contribution in [0.1, 0.15) is 30.8 Å². The van der Waals surface area contributed by atoms with Crippen LogP contribution in [0.15, 0.2) is 16.6 Å². The van der Waals surface area contributed by atoms with Crippen LogP contribution in [-0.2, 0) is 13.0 Å². The number of benzene rings is 1. The smallest absolute Gasteiger partial charge is 0.173 e. The molecule has 114 valence electrons. The molecule has 6 heteroatoms. The minimum absolute atomic E-state index is 0.131. The van der Waals surface area contributed by atoms with Crippen LogP contribution in [0, 0.1) is 11.6 Å². The molecule has 1 aromatic heterocycles. The number of halogens is 3. The summed E-state index contributed by atoms with van der Waals surface area (Å²) in [6, 6.07) is 2.70. The zero-order chi connectivity index (χ0) is 15.4. The van der Waals surface area contributed by atoms with E-state index in [0.29, 0.717) is 10.6 Å². The van der Waals surface area contributed by atoms with Crippen molar-refractivity contribution in [1.82, 2.24) is 10.3 Å². The molecule has 2 aromatic rings. The van der Waals surface area contributed by atoms with E-state index in [2.05, 4.69) is 33.2 Å². The topological polar surface area (TPSA) is 24.9 Å². The minimum atomic E-state index is -0.869. The van der Waals surface area contributed by atoms with Crippen molar-refractivity contribution in [3.63, 3.8) is 0 Å². The highest BCUT2D eigenvalue weighted by molar-refractivity contribution is 9.10. The molecule has 0 amide bonds. The van der Waals surface area contributed by atoms with Gasteiger partial charge in [0.1, 0.15) is 5.01 Å². The standard InChI is InChI=1S/C15H17BrF2N2S/c1-3-7-19-8-12-11(4-2)20-15(21-12)9-5-6-10(17)14(18)13(9)16/h5-6,19H,3-4,7-8H2,1-2H3. The van der Waals surface area contributed by atoms with E-state index in [4.69, 9.17) is 0 Å². The van der Waals surface area contributed by atoms with Gasteiger partial charge in [0.25, 0.3) is 0 Å². The second-order valence-electron chi connectivity index (χ2n) is 4.64. The molecule has 0 atom stereocenters. The molecule has 0 saturated heterocycles. The molecule has 0 radical (unpaired) electrons. The molecule has 2 rings (SSSR count). The first kappa shape index (κ1) is 16.5. The zero-order valence-electron chi connectivity index (χ0n) is 12.0. The van der Waals surface area contributed by atoms with E-state index in [9.17, 15) is 8.78 Å². The van der Waals surface area contributed by atoms with Gasteiger partial charge in [-0.2, -0.15) is 0 Å². The van der Waals surface area contributed by atoms with Gasteiger partial charge < -0.3 is 5.32 Å². The first-order chi connectivity index (χ1) is 10.1. The highest BCUT2D eigenvalue weighted by Crippen LogP contribution is 2.35. The Morgan fingerprint density at radius 1 is 1.29 bits per heavy atom. The molecule has 0 aliphatic heterocycles. The molecule has 0 fully saturated rings. The molecular formula is C15H17BrF2N2S. The molecule has 1 aromatic carbocycles. The van der Waals surface area contributed by atoms with Crippen molar-refractivity contribution in [3.8, 4) is 10.6 Å². The fourth-order valence-electron chi connectivity index (χ4n) is 1.98. The van der Waals surface area contributed by atoms with Gasteiger partial charge in [-0.15, -0.1) is 11.3 Å². The number of aromatic nitrogens is 1. The van der Waals surface area contributed by atoms with Crippen molar-refractivity contribution in [2.24, 2.45) is 0 Å². The van der Waals surface area contributed by atoms with E-state index in [0.717, 1.165) is 42.6 Å². The Kier molecular flexibility index (Phi) is 5.84. The van der Waals surface area contributed by atoms with Crippen LogP contribution in [0.5, 0.6) is 0 Å². The number of hydrogen-bond donors (Lipinski definition) is 1. The summed E-state index contributed by atoms with van der Waals surface area (Å²) in [5.74, 6) is -1.73. The number of rotatable bonds is 6. The van der Waals surface area contributed by atoms with Crippen LogP contribution < -0.4 is 5.32 Å². The lowest BCUT2D eigenvalue weighted by Gasteiger charge is -2.02. The van der Waals surface area contributed by atoms with Gasteiger partial charge >= 0.3 is 0 Å². The SMILES string of the molecule is CCCNCc1sc(-c2ccc(F)c(F)c2Br)nc1CC. The second-order valence-corrected chi connectivity index (χ2v) is 6.52. The quantitative estimate of drug-likeness (QED) is 0.573. The lowest BCUT2D eigenvalue weighted by atomic mass is 10.2. The summed E-state index contributed by atoms with van der Waals surface area (Å²) in [5.41, 5.74) is 1.60. The molecular weight excluding hydrogens is 358 g/mol. The molecule has 0 bridgehead atoms. The molecule has 1 heterocycles. The van der Waals surface area contributed by atoms with Gasteiger partial charge in [-0.3, -0.25) is 0 Å². The van der Waals surface area contributed by atoms with Crippen LogP contribution in [0.4, 0.5) is 8.78 Å². The Labute approximate surface area is 135 Å². The van der Waals surface area contributed by atoms with Gasteiger partial charge in [0.2, 0.25) is 0 Å². The molecule has 21 heavy (non-hydrogen) atoms. The van der Waals surface area contributed by atoms with Gasteiger partial charge in [0.05, 0.1) is 10.2 Å². The second kappa shape index (κ2) is 7.42. The summed E-state index contributed by atoms with van der Waals surface area (Å²) in [7, 11) is 0. The maximum Gasteiger partial charge on any atom is 0.173 e. The van der Waals surface area contributed by atoms with Crippen LogP contribution in [-0.4, -0.2) is 11.5 Å². The average molecular weight is 375 g/mol. The maximum atomic E-state index is 13.7. The number of hydrogen-bond acceptors (Lipinski definition) is 3. The van der Waals surface area contributed by atoms with E-state index in [1.165, 1.54) is 11.3 Å². The Balaban J connectivity index is 2.34. The minimum Gasteiger partial charge on any atom is -0.312 e. The Morgan fingerprint density at radius 3 is 2.71 bits per heavy atom. The van der Waals surface area contributed by atoms with Crippen molar-refractivity contribution < 1.29 is 8.78 Å². The van der Waals surface area contributed by atoms with Gasteiger partial charge in [-0.25, -0.2) is 13.8 Å². The summed E-state index contributed by atoms with van der Waals surface area (Å²) < 4.78 is 27.0. The van der Waals surface area contributed by atoms with Crippen molar-refractivity contribution in [2.75, 3.05) is 6.54 Å². The van der Waals surface area contributed by atoms with Crippen molar-refractivity contribution >= 4 is 27.3 Å². The third-order valence-electron chi connectivity index (χ3n) is 3.09. The summed E-state index contributed by atoms with van der Waals surface area (Å²) in [6.45, 7) is 5.87. The predicted molar refractivity (Wildman–Crippen MR) is 86.5 cm³/mol. The van der Waals surface area contributed by atoms with E-state index in [1.54, 1.807) is 6.07 Å². The van der Waals surface area contributed by atoms with E-state index in [-0.39, 0.29) is 4.47 Å². The lowest BCUT2D eigenvalue weighted by Crippen LogP contribution is -2.13. The van der Waals surface area contributed by atoms with Crippen LogP contribution >= 0.6 is 27.3 Å². The number of nitrogens with zero attached hydrogens (tertiary/aromatic N) is 1. The molecule has 2 nitrogen and oxygen atoms in total. The predicted octanol–water partition coefficient (Wildman–Crippen LogP) is 4.91. The fourth-order valence-corrected chi connectivity index (χ4v) is 3.77. The van der Waals surface area contributed by atoms with Crippen molar-refractivity contribution in [1.29, 1.82) is 0 Å². The summed E-state index contributed by atoms with van der Waals surface area (Å²) in [5, 5.41) is 4.06. The van der Waals surface area contributed by atoms with Crippen LogP contribution in [0.2, 0.25) is 0 Å². The molecule has 0 spiro atoms. The summed E-state index contributed by atoms with van der Waals surface area (Å²) in [4.78, 5) is 5.72. The summed E-state index contributed by atoms with van der Waals surface area (Å²) in [6.07, 6.45) is 1.89. The van der Waals surface area contributed by atoms with Crippen molar-refractivity contribution in [3.05, 3.63) is 38.8 Å². The zero-order valence-corrected chi connectivity index (χ0v) is 14.4. The highest BCUT2D eigenvalue weighted by Gasteiger charge is 2.17. The monoisotopic (exact) mass is 374 g/mol. The fraction of sp³-hybridized carbons (Fsp3) is 0.400. The average Bonchev–Trinajstić information content (AvgIpc) is 2.88. The first-order valence-electron chi connectivity index (χ1n) is 6.91. The normalized spacial score (nSPS) is 11.1. The largest absolute Gasteiger partial charge is 0.312 e. The molecule has 1 N–H and O–H groups in total. The number of aryl methyl sites for hydroxylation is 1. The van der Waals surface area contributed by atoms with Gasteiger partial charge in [0.15, 0.2) is 11.6 Å². The summed E-state index contributed by atoms with van der Waals surface area (Å²) >= 11 is 4.65. The Hall–Kier alpha value is -0.850. The Morgan fingerprint density at radius 2 is 2.05 bits per heavy atom. The third kappa shape index (κ3) is 3.67. The Bertz CT molecular complexity index is 628. The highest BCUT2D eigenvalue weighted by atomic mass is 79.9. The number of nitrogens with one attached hydrogen (secondary N) is 1. The van der Waals surface area contributed by atoms with Gasteiger partial charge in [0, 0.05) is 17.0 Å². The molecule has 0 saturated carbocycles. The van der Waals surface area contributed by atoms with Gasteiger partial charge in [-0.05, 0) is 47.4 Å². The molecule has 0 aliphatic carbocycles. The third-order valence-corrected chi connectivity index (χ3v) is 5.00. The van der Waals surface area contributed by atoms with E-state index in [1.807, 2.05) is 6.92 Å². The lowest BCUT2D eigenvalue weighted by molar-refractivity contribution is 0.505. The van der Waals surface area contributed by atoms with E-state index >= 15 is 0 Å². The van der Waals surface area contributed by atoms with Gasteiger partial charge in [-0.1, -0.05) is 13.8 Å². The first-order valence-corrected chi connectivity index (χ1v) is 8.52. The van der Waals surface area contributed by atoms with Crippen molar-refractivity contribution in [2.45, 2.75) is 33.2 Å². The molecule has 0 aliphatic rings. The van der Waals surface area contributed by atoms with Crippen LogP contribution in [0.25, 0.3) is 10.6 Å². The maximum absolute atomic E-state index is 13.7. The van der Waals surface area contributed by atoms with Crippen LogP contribution in [0.3, 0.4) is 0 Å².